The molecule has 1 amide bonds. The Kier molecular flexibility index (Phi) is 7.64. The van der Waals surface area contributed by atoms with Gasteiger partial charge in [0.1, 0.15) is 19.5 Å². The zero-order valence-electron chi connectivity index (χ0n) is 21.0. The zero-order valence-corrected chi connectivity index (χ0v) is 22.8. The van der Waals surface area contributed by atoms with E-state index in [-0.39, 0.29) is 33.1 Å². The summed E-state index contributed by atoms with van der Waals surface area (Å²) in [6, 6.07) is 2.45. The van der Waals surface area contributed by atoms with E-state index in [1.54, 1.807) is 0 Å². The van der Waals surface area contributed by atoms with E-state index >= 15 is 4.39 Å². The molecule has 15 heteroatoms. The fourth-order valence-corrected chi connectivity index (χ4v) is 4.24. The molecule has 0 aliphatic heterocycles. The molecule has 8 nitrogen and oxygen atoms in total. The van der Waals surface area contributed by atoms with E-state index in [1.807, 2.05) is 19.6 Å². The summed E-state index contributed by atoms with van der Waals surface area (Å²) < 4.78 is 71.0. The largest absolute Gasteiger partial charge is 0.420 e. The van der Waals surface area contributed by atoms with Gasteiger partial charge in [0.25, 0.3) is 5.91 Å². The predicted octanol–water partition coefficient (Wildman–Crippen LogP) is 5.74. The number of nitrogens with two attached hydrogens (primary N) is 1. The van der Waals surface area contributed by atoms with Gasteiger partial charge in [-0.1, -0.05) is 37.2 Å². The number of carbonyl (C=O) groups excluding carboxylic acids is 1. The molecule has 0 saturated heterocycles. The molecule has 3 heterocycles. The number of nitrogen functional groups attached to an aromatic ring is 1. The first-order valence-electron chi connectivity index (χ1n) is 11.4. The molecule has 0 saturated carbocycles. The minimum absolute atomic E-state index is 0.0778. The van der Waals surface area contributed by atoms with Crippen LogP contribution in [-0.2, 0) is 6.18 Å². The van der Waals surface area contributed by atoms with Crippen molar-refractivity contribution in [1.82, 2.24) is 25.0 Å². The number of nitrogens with one attached hydrogen (secondary N) is 1. The smallest absolute Gasteiger partial charge is 0.397 e. The Morgan fingerprint density at radius 3 is 2.38 bits per heavy atom. The average Bonchev–Trinajstić information content (AvgIpc) is 3.39. The molecule has 0 aliphatic rings. The van der Waals surface area contributed by atoms with Crippen molar-refractivity contribution in [3.63, 3.8) is 0 Å². The van der Waals surface area contributed by atoms with Crippen molar-refractivity contribution in [2.75, 3.05) is 11.1 Å². The Labute approximate surface area is 230 Å². The molecule has 40 heavy (non-hydrogen) atoms. The molecular formula is C25H19ClF5N7OSi. The van der Waals surface area contributed by atoms with Crippen LogP contribution in [0.2, 0.25) is 24.7 Å². The van der Waals surface area contributed by atoms with Crippen molar-refractivity contribution in [3.8, 4) is 28.4 Å². The molecule has 0 bridgehead atoms. The monoisotopic (exact) mass is 591 g/mol. The maximum absolute atomic E-state index is 15.4. The number of alkyl halides is 3. The van der Waals surface area contributed by atoms with Gasteiger partial charge in [-0.3, -0.25) is 4.79 Å². The van der Waals surface area contributed by atoms with Crippen molar-refractivity contribution < 1.29 is 26.7 Å². The lowest BCUT2D eigenvalue weighted by atomic mass is 9.98. The standard InChI is InChI=1S/C25H19ClF5N7OSi/c1-40(2,3)7-4-14-21(20(32)12-33-22(14)28)16-9-18(26)15(10-19(16)27)24(39)37-13-8-17(25(29,30)31)23(34-11-13)38-35-5-6-36-38/h5-6,8-12H,32H2,1-3H3,(H,37,39). The summed E-state index contributed by atoms with van der Waals surface area (Å²) in [5.74, 6) is -0.898. The van der Waals surface area contributed by atoms with Crippen LogP contribution in [0.1, 0.15) is 21.5 Å². The number of aromatic nitrogens is 5. The highest BCUT2D eigenvalue weighted by Gasteiger charge is 2.36. The minimum Gasteiger partial charge on any atom is -0.397 e. The quantitative estimate of drug-likeness (QED) is 0.136. The van der Waals surface area contributed by atoms with Gasteiger partial charge in [-0.15, -0.1) is 10.3 Å². The zero-order chi connectivity index (χ0) is 29.4. The Hall–Kier alpha value is -4.35. The molecule has 0 fully saturated rings. The number of nitrogens with zero attached hydrogens (tertiary/aromatic N) is 5. The van der Waals surface area contributed by atoms with Crippen LogP contribution in [0.3, 0.4) is 0 Å². The van der Waals surface area contributed by atoms with E-state index in [9.17, 15) is 22.4 Å². The Morgan fingerprint density at radius 1 is 1.07 bits per heavy atom. The highest BCUT2D eigenvalue weighted by atomic mass is 35.5. The SMILES string of the molecule is C[Si](C)(C)C#Cc1c(F)ncc(N)c1-c1cc(Cl)c(C(=O)Nc2cnc(-n3nccn3)c(C(F)(F)F)c2)cc1F. The summed E-state index contributed by atoms with van der Waals surface area (Å²) in [5, 5.41) is 9.24. The van der Waals surface area contributed by atoms with Gasteiger partial charge < -0.3 is 11.1 Å². The number of carbonyl (C=O) groups is 1. The number of anilines is 2. The van der Waals surface area contributed by atoms with Gasteiger partial charge in [0, 0.05) is 11.1 Å². The number of hydrogen-bond acceptors (Lipinski definition) is 6. The Morgan fingerprint density at radius 2 is 1.75 bits per heavy atom. The second-order valence-electron chi connectivity index (χ2n) is 9.43. The molecule has 4 rings (SSSR count). The van der Waals surface area contributed by atoms with Crippen LogP contribution in [0.25, 0.3) is 16.9 Å². The Bertz CT molecular complexity index is 1680. The second kappa shape index (κ2) is 10.7. The van der Waals surface area contributed by atoms with Crippen molar-refractivity contribution in [2.24, 2.45) is 0 Å². The van der Waals surface area contributed by atoms with E-state index in [4.69, 9.17) is 17.3 Å². The topological polar surface area (TPSA) is 112 Å². The van der Waals surface area contributed by atoms with Crippen LogP contribution < -0.4 is 11.1 Å². The van der Waals surface area contributed by atoms with Gasteiger partial charge in [0.15, 0.2) is 5.82 Å². The van der Waals surface area contributed by atoms with Gasteiger partial charge in [-0.25, -0.2) is 14.4 Å². The normalized spacial score (nSPS) is 11.6. The van der Waals surface area contributed by atoms with Crippen LogP contribution in [0.5, 0.6) is 0 Å². The minimum atomic E-state index is -4.86. The number of amides is 1. The molecule has 0 spiro atoms. The van der Waals surface area contributed by atoms with Crippen LogP contribution in [-0.4, -0.2) is 38.9 Å². The maximum Gasteiger partial charge on any atom is 0.420 e. The predicted molar refractivity (Wildman–Crippen MR) is 141 cm³/mol. The number of rotatable bonds is 4. The molecule has 3 aromatic heterocycles. The Balaban J connectivity index is 1.72. The lowest BCUT2D eigenvalue weighted by Gasteiger charge is -2.15. The summed E-state index contributed by atoms with van der Waals surface area (Å²) >= 11 is 6.28. The summed E-state index contributed by atoms with van der Waals surface area (Å²) in [6.45, 7) is 5.78. The number of benzene rings is 1. The van der Waals surface area contributed by atoms with Gasteiger partial charge in [-0.2, -0.15) is 27.8 Å². The van der Waals surface area contributed by atoms with Crippen LogP contribution >= 0.6 is 11.6 Å². The van der Waals surface area contributed by atoms with Crippen molar-refractivity contribution in [1.29, 1.82) is 0 Å². The lowest BCUT2D eigenvalue weighted by Crippen LogP contribution is -2.18. The summed E-state index contributed by atoms with van der Waals surface area (Å²) in [5.41, 5.74) is 6.35. The number of halogens is 6. The first-order chi connectivity index (χ1) is 18.7. The van der Waals surface area contributed by atoms with E-state index in [0.717, 1.165) is 24.5 Å². The van der Waals surface area contributed by atoms with Crippen LogP contribution in [0.4, 0.5) is 33.3 Å². The molecule has 0 atom stereocenters. The molecule has 0 aliphatic carbocycles. The van der Waals surface area contributed by atoms with Gasteiger partial charge in [0.05, 0.1) is 52.3 Å². The summed E-state index contributed by atoms with van der Waals surface area (Å²) in [7, 11) is -1.98. The average molecular weight is 592 g/mol. The van der Waals surface area contributed by atoms with E-state index in [0.29, 0.717) is 10.9 Å². The van der Waals surface area contributed by atoms with Gasteiger partial charge in [0.2, 0.25) is 5.95 Å². The lowest BCUT2D eigenvalue weighted by molar-refractivity contribution is -0.137. The third-order valence-corrected chi connectivity index (χ3v) is 6.42. The van der Waals surface area contributed by atoms with Crippen molar-refractivity contribution in [2.45, 2.75) is 25.8 Å². The molecule has 0 radical (unpaired) electrons. The third-order valence-electron chi connectivity index (χ3n) is 5.23. The molecule has 206 valence electrons. The number of pyridine rings is 2. The van der Waals surface area contributed by atoms with Crippen molar-refractivity contribution in [3.05, 3.63) is 76.5 Å². The summed E-state index contributed by atoms with van der Waals surface area (Å²) in [6.07, 6.45) is -0.556. The van der Waals surface area contributed by atoms with Crippen LogP contribution in [0, 0.1) is 23.2 Å². The fraction of sp³-hybridized carbons (Fsp3) is 0.160. The van der Waals surface area contributed by atoms with E-state index < -0.39 is 48.9 Å². The molecule has 3 N–H and O–H groups in total. The second-order valence-corrected chi connectivity index (χ2v) is 14.6. The first kappa shape index (κ1) is 28.6. The first-order valence-corrected chi connectivity index (χ1v) is 15.3. The third kappa shape index (κ3) is 6.10. The van der Waals surface area contributed by atoms with Crippen molar-refractivity contribution >= 4 is 37.0 Å². The highest BCUT2D eigenvalue weighted by Crippen LogP contribution is 2.37. The number of hydrogen-bond donors (Lipinski definition) is 2. The van der Waals surface area contributed by atoms with Gasteiger partial charge in [-0.05, 0) is 18.2 Å². The van der Waals surface area contributed by atoms with Gasteiger partial charge >= 0.3 is 6.18 Å². The van der Waals surface area contributed by atoms with E-state index in [2.05, 4.69) is 36.9 Å². The molecular weight excluding hydrogens is 573 g/mol. The maximum atomic E-state index is 15.4. The molecule has 0 unspecified atom stereocenters. The highest BCUT2D eigenvalue weighted by molar-refractivity contribution is 6.83. The molecule has 1 aromatic carbocycles. The fourth-order valence-electron chi connectivity index (χ4n) is 3.49. The van der Waals surface area contributed by atoms with E-state index in [1.165, 1.54) is 12.4 Å². The van der Waals surface area contributed by atoms with Crippen LogP contribution in [0.15, 0.2) is 43.0 Å². The summed E-state index contributed by atoms with van der Waals surface area (Å²) in [4.78, 5) is 20.9. The molecule has 4 aromatic rings.